The van der Waals surface area contributed by atoms with Crippen LogP contribution in [0, 0.1) is 5.92 Å². The quantitative estimate of drug-likeness (QED) is 0.734. The highest BCUT2D eigenvalue weighted by Crippen LogP contribution is 2.28. The summed E-state index contributed by atoms with van der Waals surface area (Å²) in [5, 5.41) is 9.69. The van der Waals surface area contributed by atoms with E-state index in [-0.39, 0.29) is 6.10 Å². The molecule has 1 rings (SSSR count). The molecule has 0 heterocycles. The Labute approximate surface area is 88.3 Å². The van der Waals surface area contributed by atoms with E-state index in [2.05, 4.69) is 25.7 Å². The molecule has 14 heavy (non-hydrogen) atoms. The second-order valence-electron chi connectivity index (χ2n) is 4.77. The van der Waals surface area contributed by atoms with Crippen molar-refractivity contribution in [2.24, 2.45) is 5.92 Å². The standard InChI is InChI=1S/C12H25NO/c1-4-13(10(2)3)9-8-11-6-5-7-12(11)14/h10-12,14H,4-9H2,1-3H3. The second-order valence-corrected chi connectivity index (χ2v) is 4.77. The van der Waals surface area contributed by atoms with Gasteiger partial charge in [-0.2, -0.15) is 0 Å². The maximum atomic E-state index is 9.69. The van der Waals surface area contributed by atoms with E-state index in [1.807, 2.05) is 0 Å². The number of rotatable bonds is 5. The molecular formula is C12H25NO. The molecule has 0 aromatic rings. The Kier molecular flexibility index (Phi) is 4.90. The summed E-state index contributed by atoms with van der Waals surface area (Å²) < 4.78 is 0. The van der Waals surface area contributed by atoms with Gasteiger partial charge in [0.1, 0.15) is 0 Å². The SMILES string of the molecule is CCN(CCC1CCCC1O)C(C)C. The van der Waals surface area contributed by atoms with Gasteiger partial charge in [-0.25, -0.2) is 0 Å². The lowest BCUT2D eigenvalue weighted by Crippen LogP contribution is -2.33. The molecule has 0 aromatic carbocycles. The van der Waals surface area contributed by atoms with E-state index in [4.69, 9.17) is 0 Å². The van der Waals surface area contributed by atoms with Gasteiger partial charge < -0.3 is 10.0 Å². The van der Waals surface area contributed by atoms with Gasteiger partial charge in [-0.05, 0) is 52.1 Å². The van der Waals surface area contributed by atoms with E-state index < -0.39 is 0 Å². The summed E-state index contributed by atoms with van der Waals surface area (Å²) in [7, 11) is 0. The number of hydrogen-bond donors (Lipinski definition) is 1. The fourth-order valence-corrected chi connectivity index (χ4v) is 2.47. The smallest absolute Gasteiger partial charge is 0.0568 e. The zero-order valence-corrected chi connectivity index (χ0v) is 9.87. The van der Waals surface area contributed by atoms with Crippen molar-refractivity contribution in [1.29, 1.82) is 0 Å². The molecule has 1 aliphatic rings. The summed E-state index contributed by atoms with van der Waals surface area (Å²) >= 11 is 0. The molecule has 1 saturated carbocycles. The Balaban J connectivity index is 2.24. The van der Waals surface area contributed by atoms with Gasteiger partial charge >= 0.3 is 0 Å². The molecule has 2 unspecified atom stereocenters. The summed E-state index contributed by atoms with van der Waals surface area (Å²) in [6.07, 6.45) is 4.64. The second kappa shape index (κ2) is 5.72. The van der Waals surface area contributed by atoms with Crippen LogP contribution in [0.3, 0.4) is 0 Å². The fraction of sp³-hybridized carbons (Fsp3) is 1.00. The van der Waals surface area contributed by atoms with Crippen LogP contribution in [0.4, 0.5) is 0 Å². The Morgan fingerprint density at radius 3 is 2.50 bits per heavy atom. The lowest BCUT2D eigenvalue weighted by Gasteiger charge is -2.26. The largest absolute Gasteiger partial charge is 0.393 e. The molecule has 1 fully saturated rings. The summed E-state index contributed by atoms with van der Waals surface area (Å²) in [5.74, 6) is 0.572. The third kappa shape index (κ3) is 3.25. The third-order valence-corrected chi connectivity index (χ3v) is 3.54. The highest BCUT2D eigenvalue weighted by molar-refractivity contribution is 4.77. The minimum Gasteiger partial charge on any atom is -0.393 e. The molecule has 0 amide bonds. The molecule has 84 valence electrons. The molecule has 1 aliphatic carbocycles. The first-order valence-electron chi connectivity index (χ1n) is 6.07. The number of aliphatic hydroxyl groups excluding tert-OH is 1. The predicted octanol–water partition coefficient (Wildman–Crippen LogP) is 2.27. The molecule has 0 aliphatic heterocycles. The maximum absolute atomic E-state index is 9.69. The topological polar surface area (TPSA) is 23.5 Å². The Bertz CT molecular complexity index is 156. The van der Waals surface area contributed by atoms with Crippen LogP contribution in [0.2, 0.25) is 0 Å². The average Bonchev–Trinajstić information content (AvgIpc) is 2.52. The van der Waals surface area contributed by atoms with Gasteiger partial charge in [-0.1, -0.05) is 13.3 Å². The molecule has 0 bridgehead atoms. The van der Waals surface area contributed by atoms with Crippen LogP contribution in [0.15, 0.2) is 0 Å². The summed E-state index contributed by atoms with van der Waals surface area (Å²) in [6, 6.07) is 0.638. The summed E-state index contributed by atoms with van der Waals surface area (Å²) in [4.78, 5) is 2.48. The normalized spacial score (nSPS) is 27.9. The van der Waals surface area contributed by atoms with E-state index in [0.717, 1.165) is 19.5 Å². The third-order valence-electron chi connectivity index (χ3n) is 3.54. The van der Waals surface area contributed by atoms with Gasteiger partial charge in [0.05, 0.1) is 6.10 Å². The van der Waals surface area contributed by atoms with Crippen LogP contribution in [0.25, 0.3) is 0 Å². The van der Waals surface area contributed by atoms with Crippen LogP contribution >= 0.6 is 0 Å². The molecule has 1 N–H and O–H groups in total. The number of hydrogen-bond acceptors (Lipinski definition) is 2. The molecule has 0 radical (unpaired) electrons. The van der Waals surface area contributed by atoms with Gasteiger partial charge in [0.2, 0.25) is 0 Å². The van der Waals surface area contributed by atoms with Gasteiger partial charge in [-0.3, -0.25) is 0 Å². The van der Waals surface area contributed by atoms with Crippen molar-refractivity contribution >= 4 is 0 Å². The zero-order valence-electron chi connectivity index (χ0n) is 9.87. The van der Waals surface area contributed by atoms with Crippen LogP contribution in [-0.2, 0) is 0 Å². The Morgan fingerprint density at radius 2 is 2.07 bits per heavy atom. The molecule has 2 atom stereocenters. The van der Waals surface area contributed by atoms with Crippen LogP contribution < -0.4 is 0 Å². The maximum Gasteiger partial charge on any atom is 0.0568 e. The van der Waals surface area contributed by atoms with E-state index in [1.165, 1.54) is 19.3 Å². The van der Waals surface area contributed by atoms with Crippen molar-refractivity contribution in [2.75, 3.05) is 13.1 Å². The van der Waals surface area contributed by atoms with Gasteiger partial charge in [-0.15, -0.1) is 0 Å². The van der Waals surface area contributed by atoms with Crippen LogP contribution in [-0.4, -0.2) is 35.2 Å². The highest BCUT2D eigenvalue weighted by Gasteiger charge is 2.25. The summed E-state index contributed by atoms with van der Waals surface area (Å²) in [6.45, 7) is 8.98. The van der Waals surface area contributed by atoms with Crippen LogP contribution in [0.1, 0.15) is 46.5 Å². The average molecular weight is 199 g/mol. The Morgan fingerprint density at radius 1 is 1.36 bits per heavy atom. The monoisotopic (exact) mass is 199 g/mol. The van der Waals surface area contributed by atoms with Crippen molar-refractivity contribution < 1.29 is 5.11 Å². The van der Waals surface area contributed by atoms with E-state index in [9.17, 15) is 5.11 Å². The number of aliphatic hydroxyl groups is 1. The van der Waals surface area contributed by atoms with Crippen LogP contribution in [0.5, 0.6) is 0 Å². The Hall–Kier alpha value is -0.0800. The first kappa shape index (κ1) is 12.0. The molecule has 0 saturated heterocycles. The lowest BCUT2D eigenvalue weighted by atomic mass is 10.0. The lowest BCUT2D eigenvalue weighted by molar-refractivity contribution is 0.114. The van der Waals surface area contributed by atoms with Crippen molar-refractivity contribution in [3.05, 3.63) is 0 Å². The first-order valence-corrected chi connectivity index (χ1v) is 6.07. The van der Waals surface area contributed by atoms with Gasteiger partial charge in [0, 0.05) is 6.04 Å². The molecular weight excluding hydrogens is 174 g/mol. The van der Waals surface area contributed by atoms with E-state index >= 15 is 0 Å². The number of nitrogens with zero attached hydrogens (tertiary/aromatic N) is 1. The zero-order chi connectivity index (χ0) is 10.6. The highest BCUT2D eigenvalue weighted by atomic mass is 16.3. The van der Waals surface area contributed by atoms with Gasteiger partial charge in [0.25, 0.3) is 0 Å². The minimum atomic E-state index is -0.0131. The predicted molar refractivity (Wildman–Crippen MR) is 60.3 cm³/mol. The molecule has 0 aromatic heterocycles. The van der Waals surface area contributed by atoms with Crippen molar-refractivity contribution in [3.8, 4) is 0 Å². The van der Waals surface area contributed by atoms with Crippen molar-refractivity contribution in [3.63, 3.8) is 0 Å². The van der Waals surface area contributed by atoms with Crippen molar-refractivity contribution in [1.82, 2.24) is 4.90 Å². The fourth-order valence-electron chi connectivity index (χ4n) is 2.47. The molecule has 2 nitrogen and oxygen atoms in total. The van der Waals surface area contributed by atoms with Gasteiger partial charge in [0.15, 0.2) is 0 Å². The van der Waals surface area contributed by atoms with E-state index in [1.54, 1.807) is 0 Å². The minimum absolute atomic E-state index is 0.0131. The first-order chi connectivity index (χ1) is 6.65. The van der Waals surface area contributed by atoms with E-state index in [0.29, 0.717) is 12.0 Å². The molecule has 2 heteroatoms. The molecule has 0 spiro atoms. The summed E-state index contributed by atoms with van der Waals surface area (Å²) in [5.41, 5.74) is 0. The van der Waals surface area contributed by atoms with Crippen molar-refractivity contribution in [2.45, 2.75) is 58.6 Å².